The molecular weight excluding hydrogens is 257 g/mol. The molecule has 1 aromatic rings. The number of thiol groups is 1. The number of benzene rings is 1. The predicted octanol–water partition coefficient (Wildman–Crippen LogP) is 2.27. The van der Waals surface area contributed by atoms with Crippen molar-refractivity contribution in [2.75, 3.05) is 20.2 Å². The second-order valence-corrected chi connectivity index (χ2v) is 10.2. The van der Waals surface area contributed by atoms with Gasteiger partial charge in [-0.15, -0.1) is 12.2 Å². The van der Waals surface area contributed by atoms with Crippen LogP contribution >= 0.6 is 17.6 Å². The molecule has 2 nitrogen and oxygen atoms in total. The average Bonchev–Trinajstić information content (AvgIpc) is 2.79. The Morgan fingerprint density at radius 3 is 2.69 bits per heavy atom. The molecule has 1 fully saturated rings. The van der Waals surface area contributed by atoms with Crippen molar-refractivity contribution in [1.82, 2.24) is 4.67 Å². The molecular formula is C11H16NOPS2. The molecule has 1 saturated heterocycles. The van der Waals surface area contributed by atoms with Crippen molar-refractivity contribution in [2.45, 2.75) is 12.5 Å². The number of methoxy groups -OCH3 is 1. The number of rotatable bonds is 3. The molecule has 2 unspecified atom stereocenters. The highest BCUT2D eigenvalue weighted by atomic mass is 32.9. The van der Waals surface area contributed by atoms with Crippen LogP contribution < -0.4 is 5.30 Å². The third kappa shape index (κ3) is 2.52. The molecule has 2 atom stereocenters. The molecule has 1 heterocycles. The van der Waals surface area contributed by atoms with Crippen LogP contribution in [0.3, 0.4) is 0 Å². The fraction of sp³-hybridized carbons (Fsp3) is 0.455. The summed E-state index contributed by atoms with van der Waals surface area (Å²) in [5.41, 5.74) is 0. The monoisotopic (exact) mass is 273 g/mol. The van der Waals surface area contributed by atoms with Crippen molar-refractivity contribution in [2.24, 2.45) is 0 Å². The highest BCUT2D eigenvalue weighted by Crippen LogP contribution is 2.54. The van der Waals surface area contributed by atoms with E-state index in [1.165, 1.54) is 5.30 Å². The summed E-state index contributed by atoms with van der Waals surface area (Å²) in [6.07, 6.45) is 1.38. The minimum Gasteiger partial charge on any atom is -0.380 e. The maximum absolute atomic E-state index is 5.72. The largest absolute Gasteiger partial charge is 0.380 e. The summed E-state index contributed by atoms with van der Waals surface area (Å²) < 4.78 is 7.67. The van der Waals surface area contributed by atoms with E-state index in [1.54, 1.807) is 7.11 Å². The van der Waals surface area contributed by atoms with Crippen molar-refractivity contribution in [1.29, 1.82) is 0 Å². The Bertz CT molecular complexity index is 398. The van der Waals surface area contributed by atoms with Crippen LogP contribution in [0.1, 0.15) is 6.42 Å². The molecule has 5 heteroatoms. The lowest BCUT2D eigenvalue weighted by Crippen LogP contribution is -2.22. The van der Waals surface area contributed by atoms with E-state index in [-0.39, 0.29) is 0 Å². The molecule has 2 rings (SSSR count). The minimum atomic E-state index is -1.86. The van der Waals surface area contributed by atoms with Gasteiger partial charge in [-0.1, -0.05) is 42.1 Å². The van der Waals surface area contributed by atoms with E-state index in [0.717, 1.165) is 19.5 Å². The van der Waals surface area contributed by atoms with Crippen molar-refractivity contribution < 1.29 is 4.74 Å². The molecule has 1 aliphatic rings. The first-order valence-corrected chi connectivity index (χ1v) is 9.22. The van der Waals surface area contributed by atoms with Gasteiger partial charge in [0.1, 0.15) is 0 Å². The van der Waals surface area contributed by atoms with Gasteiger partial charge in [0.05, 0.1) is 11.5 Å². The second-order valence-electron chi connectivity index (χ2n) is 3.94. The molecule has 1 aromatic carbocycles. The van der Waals surface area contributed by atoms with E-state index in [9.17, 15) is 0 Å². The Kier molecular flexibility index (Phi) is 4.09. The number of hydrogen-bond acceptors (Lipinski definition) is 2. The minimum absolute atomic E-state index is 0.318. The van der Waals surface area contributed by atoms with E-state index in [0.29, 0.717) is 6.10 Å². The average molecular weight is 273 g/mol. The first-order valence-electron chi connectivity index (χ1n) is 5.31. The van der Waals surface area contributed by atoms with Crippen LogP contribution in [0, 0.1) is 0 Å². The maximum Gasteiger partial charge on any atom is 0.0923 e. The summed E-state index contributed by atoms with van der Waals surface area (Å²) in [7, 11) is 1.76. The Morgan fingerprint density at radius 1 is 1.44 bits per heavy atom. The fourth-order valence-corrected chi connectivity index (χ4v) is 5.31. The smallest absolute Gasteiger partial charge is 0.0923 e. The van der Waals surface area contributed by atoms with Gasteiger partial charge in [-0.2, -0.15) is 0 Å². The maximum atomic E-state index is 5.72. The zero-order chi connectivity index (χ0) is 11.6. The van der Waals surface area contributed by atoms with Gasteiger partial charge < -0.3 is 4.74 Å². The Labute approximate surface area is 107 Å². The highest BCUT2D eigenvalue weighted by Gasteiger charge is 2.31. The molecule has 1 aliphatic heterocycles. The van der Waals surface area contributed by atoms with Crippen LogP contribution in [0.25, 0.3) is 0 Å². The third-order valence-electron chi connectivity index (χ3n) is 2.93. The zero-order valence-corrected chi connectivity index (χ0v) is 11.8. The van der Waals surface area contributed by atoms with Gasteiger partial charge in [0.25, 0.3) is 0 Å². The summed E-state index contributed by atoms with van der Waals surface area (Å²) in [5.74, 6) is 0. The van der Waals surface area contributed by atoms with Crippen LogP contribution in [0.2, 0.25) is 0 Å². The van der Waals surface area contributed by atoms with E-state index >= 15 is 0 Å². The lowest BCUT2D eigenvalue weighted by atomic mass is 10.3. The highest BCUT2D eigenvalue weighted by molar-refractivity contribution is 8.65. The third-order valence-corrected chi connectivity index (χ3v) is 7.81. The summed E-state index contributed by atoms with van der Waals surface area (Å²) in [4.78, 5) is 0. The lowest BCUT2D eigenvalue weighted by Gasteiger charge is -2.27. The molecule has 0 bridgehead atoms. The molecule has 0 saturated carbocycles. The summed E-state index contributed by atoms with van der Waals surface area (Å²) in [6.45, 7) is 1.90. The van der Waals surface area contributed by atoms with E-state index < -0.39 is 5.39 Å². The van der Waals surface area contributed by atoms with Crippen molar-refractivity contribution in [3.8, 4) is 0 Å². The molecule has 16 heavy (non-hydrogen) atoms. The molecule has 0 radical (unpaired) electrons. The van der Waals surface area contributed by atoms with Gasteiger partial charge in [-0.3, -0.25) is 4.67 Å². The second kappa shape index (κ2) is 5.19. The summed E-state index contributed by atoms with van der Waals surface area (Å²) >= 11 is 10.5. The standard InChI is InChI=1S/C11H16NOPS2/c1-13-10-7-8-12(9-10)14(15,16)11-5-3-2-4-6-11/h2-6,10H,7-9H2,1H3,(H,15,16). The van der Waals surface area contributed by atoms with Crippen molar-refractivity contribution in [3.63, 3.8) is 0 Å². The van der Waals surface area contributed by atoms with Gasteiger partial charge >= 0.3 is 0 Å². The van der Waals surface area contributed by atoms with Crippen LogP contribution in [-0.2, 0) is 16.5 Å². The Hall–Kier alpha value is 0.140. The molecule has 88 valence electrons. The summed E-state index contributed by atoms with van der Waals surface area (Å²) in [6, 6.07) is 10.2. The number of nitrogens with zero attached hydrogens (tertiary/aromatic N) is 1. The van der Waals surface area contributed by atoms with Crippen LogP contribution in [-0.4, -0.2) is 31.0 Å². The quantitative estimate of drug-likeness (QED) is 0.670. The van der Waals surface area contributed by atoms with Gasteiger partial charge in [-0.05, 0) is 6.42 Å². The Balaban J connectivity index is 2.18. The topological polar surface area (TPSA) is 12.5 Å². The first kappa shape index (κ1) is 12.6. The number of hydrogen-bond donors (Lipinski definition) is 1. The zero-order valence-electron chi connectivity index (χ0n) is 9.24. The predicted molar refractivity (Wildman–Crippen MR) is 76.3 cm³/mol. The van der Waals surface area contributed by atoms with Gasteiger partial charge in [-0.25, -0.2) is 0 Å². The fourth-order valence-electron chi connectivity index (χ4n) is 1.93. The van der Waals surface area contributed by atoms with Crippen LogP contribution in [0.4, 0.5) is 0 Å². The molecule has 0 aliphatic carbocycles. The van der Waals surface area contributed by atoms with Gasteiger partial charge in [0.2, 0.25) is 0 Å². The van der Waals surface area contributed by atoms with Crippen LogP contribution in [0.15, 0.2) is 30.3 Å². The van der Waals surface area contributed by atoms with Crippen molar-refractivity contribution in [3.05, 3.63) is 30.3 Å². The lowest BCUT2D eigenvalue weighted by molar-refractivity contribution is 0.115. The molecule has 0 N–H and O–H groups in total. The van der Waals surface area contributed by atoms with E-state index in [1.807, 2.05) is 18.2 Å². The van der Waals surface area contributed by atoms with Gasteiger partial charge in [0.15, 0.2) is 0 Å². The number of ether oxygens (including phenoxy) is 1. The first-order chi connectivity index (χ1) is 7.64. The molecule has 0 amide bonds. The Morgan fingerprint density at radius 2 is 2.12 bits per heavy atom. The van der Waals surface area contributed by atoms with Crippen molar-refractivity contribution >= 4 is 34.8 Å². The normalized spacial score (nSPS) is 25.5. The SMILES string of the molecule is COC1CCN(P(=S)(S)c2ccccc2)C1. The molecule has 0 spiro atoms. The molecule has 0 aromatic heterocycles. The summed E-state index contributed by atoms with van der Waals surface area (Å²) in [5, 5.41) is -0.691. The van der Waals surface area contributed by atoms with E-state index in [2.05, 4.69) is 16.8 Å². The van der Waals surface area contributed by atoms with E-state index in [4.69, 9.17) is 28.8 Å². The van der Waals surface area contributed by atoms with Crippen LogP contribution in [0.5, 0.6) is 0 Å². The van der Waals surface area contributed by atoms with Gasteiger partial charge in [0, 0.05) is 25.5 Å².